The number of piperazine rings is 1. The molecule has 136 valence electrons. The molecule has 0 aliphatic carbocycles. The third-order valence-corrected chi connectivity index (χ3v) is 4.87. The van der Waals surface area contributed by atoms with E-state index in [0.717, 1.165) is 10.2 Å². The highest BCUT2D eigenvalue weighted by molar-refractivity contribution is 9.10. The van der Waals surface area contributed by atoms with E-state index in [-0.39, 0.29) is 11.8 Å². The highest BCUT2D eigenvalue weighted by Crippen LogP contribution is 2.14. The Morgan fingerprint density at radius 2 is 1.50 bits per heavy atom. The Labute approximate surface area is 161 Å². The maximum Gasteiger partial charge on any atom is 0.253 e. The Balaban J connectivity index is 1.43. The van der Waals surface area contributed by atoms with E-state index >= 15 is 0 Å². The van der Waals surface area contributed by atoms with Crippen molar-refractivity contribution in [2.45, 2.75) is 6.42 Å². The Morgan fingerprint density at radius 3 is 2.15 bits per heavy atom. The molecule has 5 nitrogen and oxygen atoms in total. The first-order valence-corrected chi connectivity index (χ1v) is 9.43. The lowest BCUT2D eigenvalue weighted by Gasteiger charge is -2.35. The first kappa shape index (κ1) is 18.5. The molecule has 0 unspecified atom stereocenters. The molecule has 0 aromatic heterocycles. The van der Waals surface area contributed by atoms with E-state index < -0.39 is 0 Å². The summed E-state index contributed by atoms with van der Waals surface area (Å²) in [5.41, 5.74) is 0.671. The zero-order valence-electron chi connectivity index (χ0n) is 14.4. The molecule has 6 heteroatoms. The summed E-state index contributed by atoms with van der Waals surface area (Å²) < 4.78 is 6.52. The van der Waals surface area contributed by atoms with E-state index in [1.807, 2.05) is 54.6 Å². The minimum atomic E-state index is 0.0111. The van der Waals surface area contributed by atoms with Gasteiger partial charge in [-0.1, -0.05) is 34.1 Å². The number of nitrogens with zero attached hydrogens (tertiary/aromatic N) is 2. The molecule has 0 bridgehead atoms. The third kappa shape index (κ3) is 4.85. The van der Waals surface area contributed by atoms with E-state index in [2.05, 4.69) is 15.9 Å². The van der Waals surface area contributed by atoms with Crippen LogP contribution in [0.2, 0.25) is 0 Å². The molecule has 1 fully saturated rings. The summed E-state index contributed by atoms with van der Waals surface area (Å²) in [7, 11) is 0. The number of carbonyl (C=O) groups excluding carboxylic acids is 2. The summed E-state index contributed by atoms with van der Waals surface area (Å²) in [4.78, 5) is 28.4. The molecule has 0 radical (unpaired) electrons. The lowest BCUT2D eigenvalue weighted by molar-refractivity contribution is -0.133. The number of carbonyl (C=O) groups is 2. The van der Waals surface area contributed by atoms with E-state index in [0.29, 0.717) is 44.8 Å². The zero-order valence-corrected chi connectivity index (χ0v) is 16.0. The lowest BCUT2D eigenvalue weighted by atomic mass is 10.2. The minimum absolute atomic E-state index is 0.0111. The number of halogens is 1. The SMILES string of the molecule is O=C(CCOc1ccccc1)N1CCN(C(=O)c2ccc(Br)cc2)CC1. The molecular weight excluding hydrogens is 396 g/mol. The summed E-state index contributed by atoms with van der Waals surface area (Å²) in [6, 6.07) is 16.8. The van der Waals surface area contributed by atoms with Crippen molar-refractivity contribution in [2.24, 2.45) is 0 Å². The van der Waals surface area contributed by atoms with Crippen molar-refractivity contribution < 1.29 is 14.3 Å². The normalized spacial score (nSPS) is 14.2. The second-order valence-electron chi connectivity index (χ2n) is 6.09. The van der Waals surface area contributed by atoms with E-state index in [1.54, 1.807) is 9.80 Å². The Morgan fingerprint density at radius 1 is 0.885 bits per heavy atom. The van der Waals surface area contributed by atoms with Crippen LogP contribution < -0.4 is 4.74 Å². The van der Waals surface area contributed by atoms with Crippen molar-refractivity contribution in [3.05, 3.63) is 64.6 Å². The standard InChI is InChI=1S/C20H21BrN2O3/c21-17-8-6-16(7-9-17)20(25)23-13-11-22(12-14-23)19(24)10-15-26-18-4-2-1-3-5-18/h1-9H,10-15H2. The summed E-state index contributed by atoms with van der Waals surface area (Å²) in [5, 5.41) is 0. The molecule has 0 spiro atoms. The fourth-order valence-corrected chi connectivity index (χ4v) is 3.13. The van der Waals surface area contributed by atoms with Gasteiger partial charge in [0.05, 0.1) is 13.0 Å². The minimum Gasteiger partial charge on any atom is -0.493 e. The van der Waals surface area contributed by atoms with Crippen LogP contribution in [0.3, 0.4) is 0 Å². The molecular formula is C20H21BrN2O3. The van der Waals surface area contributed by atoms with Gasteiger partial charge in [0.1, 0.15) is 5.75 Å². The van der Waals surface area contributed by atoms with Crippen molar-refractivity contribution >= 4 is 27.7 Å². The Bertz CT molecular complexity index is 741. The van der Waals surface area contributed by atoms with Crippen molar-refractivity contribution in [1.82, 2.24) is 9.80 Å². The molecule has 2 aromatic rings. The number of ether oxygens (including phenoxy) is 1. The first-order valence-electron chi connectivity index (χ1n) is 8.64. The largest absolute Gasteiger partial charge is 0.493 e. The van der Waals surface area contributed by atoms with Gasteiger partial charge in [-0.3, -0.25) is 9.59 Å². The van der Waals surface area contributed by atoms with Gasteiger partial charge in [0.15, 0.2) is 0 Å². The van der Waals surface area contributed by atoms with E-state index in [4.69, 9.17) is 4.74 Å². The van der Waals surface area contributed by atoms with E-state index in [1.165, 1.54) is 0 Å². The molecule has 0 saturated carbocycles. The molecule has 1 aliphatic rings. The molecule has 0 atom stereocenters. The molecule has 1 saturated heterocycles. The highest BCUT2D eigenvalue weighted by atomic mass is 79.9. The molecule has 0 N–H and O–H groups in total. The number of rotatable bonds is 5. The average Bonchev–Trinajstić information content (AvgIpc) is 2.69. The maximum absolute atomic E-state index is 12.5. The number of benzene rings is 2. The Hall–Kier alpha value is -2.34. The summed E-state index contributed by atoms with van der Waals surface area (Å²) in [6.45, 7) is 2.60. The quantitative estimate of drug-likeness (QED) is 0.751. The van der Waals surface area contributed by atoms with Gasteiger partial charge in [-0.2, -0.15) is 0 Å². The van der Waals surface area contributed by atoms with E-state index in [9.17, 15) is 9.59 Å². The van der Waals surface area contributed by atoms with Crippen LogP contribution in [0.15, 0.2) is 59.1 Å². The van der Waals surface area contributed by atoms with Gasteiger partial charge >= 0.3 is 0 Å². The van der Waals surface area contributed by atoms with Crippen molar-refractivity contribution in [2.75, 3.05) is 32.8 Å². The van der Waals surface area contributed by atoms with Crippen LogP contribution in [0, 0.1) is 0 Å². The number of para-hydroxylation sites is 1. The van der Waals surface area contributed by atoms with Gasteiger partial charge in [-0.15, -0.1) is 0 Å². The summed E-state index contributed by atoms with van der Waals surface area (Å²) in [6.07, 6.45) is 0.343. The lowest BCUT2D eigenvalue weighted by Crippen LogP contribution is -2.50. The van der Waals surface area contributed by atoms with Crippen molar-refractivity contribution in [1.29, 1.82) is 0 Å². The van der Waals surface area contributed by atoms with Gasteiger partial charge in [-0.25, -0.2) is 0 Å². The first-order chi connectivity index (χ1) is 12.6. The predicted molar refractivity (Wildman–Crippen MR) is 103 cm³/mol. The highest BCUT2D eigenvalue weighted by Gasteiger charge is 2.24. The van der Waals surface area contributed by atoms with Crippen LogP contribution in [0.1, 0.15) is 16.8 Å². The summed E-state index contributed by atoms with van der Waals surface area (Å²) >= 11 is 3.37. The van der Waals surface area contributed by atoms with Crippen molar-refractivity contribution in [3.8, 4) is 5.75 Å². The fraction of sp³-hybridized carbons (Fsp3) is 0.300. The number of hydrogen-bond donors (Lipinski definition) is 0. The molecule has 26 heavy (non-hydrogen) atoms. The number of amides is 2. The third-order valence-electron chi connectivity index (χ3n) is 4.34. The topological polar surface area (TPSA) is 49.9 Å². The van der Waals surface area contributed by atoms with Crippen LogP contribution in [-0.2, 0) is 4.79 Å². The fourth-order valence-electron chi connectivity index (χ4n) is 2.87. The van der Waals surface area contributed by atoms with Crippen LogP contribution in [0.4, 0.5) is 0 Å². The molecule has 2 amide bonds. The Kier molecular flexibility index (Phi) is 6.28. The van der Waals surface area contributed by atoms with Crippen LogP contribution >= 0.6 is 15.9 Å². The smallest absolute Gasteiger partial charge is 0.253 e. The molecule has 1 aliphatic heterocycles. The van der Waals surface area contributed by atoms with Gasteiger partial charge in [0.25, 0.3) is 5.91 Å². The van der Waals surface area contributed by atoms with Gasteiger partial charge in [-0.05, 0) is 36.4 Å². The van der Waals surface area contributed by atoms with Gasteiger partial charge in [0.2, 0.25) is 5.91 Å². The monoisotopic (exact) mass is 416 g/mol. The van der Waals surface area contributed by atoms with Crippen molar-refractivity contribution in [3.63, 3.8) is 0 Å². The summed E-state index contributed by atoms with van der Waals surface area (Å²) in [5.74, 6) is 0.846. The zero-order chi connectivity index (χ0) is 18.4. The van der Waals surface area contributed by atoms with Crippen LogP contribution in [0.25, 0.3) is 0 Å². The average molecular weight is 417 g/mol. The van der Waals surface area contributed by atoms with Gasteiger partial charge in [0, 0.05) is 36.2 Å². The van der Waals surface area contributed by atoms with Crippen LogP contribution in [-0.4, -0.2) is 54.4 Å². The predicted octanol–water partition coefficient (Wildman–Crippen LogP) is 3.20. The maximum atomic E-state index is 12.5. The second kappa shape index (κ2) is 8.85. The second-order valence-corrected chi connectivity index (χ2v) is 7.01. The van der Waals surface area contributed by atoms with Crippen LogP contribution in [0.5, 0.6) is 5.75 Å². The molecule has 1 heterocycles. The number of hydrogen-bond acceptors (Lipinski definition) is 3. The molecule has 2 aromatic carbocycles. The molecule has 3 rings (SSSR count). The van der Waals surface area contributed by atoms with Gasteiger partial charge < -0.3 is 14.5 Å².